The Morgan fingerprint density at radius 1 is 0.975 bits per heavy atom. The highest BCUT2D eigenvalue weighted by atomic mass is 19.4. The number of amides is 2. The largest absolute Gasteiger partial charge is 0.497 e. The average molecular weight is 557 g/mol. The van der Waals surface area contributed by atoms with Crippen LogP contribution >= 0.6 is 0 Å². The summed E-state index contributed by atoms with van der Waals surface area (Å²) in [6.07, 6.45) is -5.22. The second-order valence-corrected chi connectivity index (χ2v) is 8.70. The molecule has 0 saturated heterocycles. The molecule has 0 spiro atoms. The van der Waals surface area contributed by atoms with Gasteiger partial charge in [-0.15, -0.1) is 0 Å². The molecule has 0 aliphatic rings. The Kier molecular flexibility index (Phi) is 9.49. The molecule has 0 heterocycles. The number of halogens is 3. The number of methoxy groups -OCH3 is 1. The van der Waals surface area contributed by atoms with Crippen LogP contribution in [-0.4, -0.2) is 54.3 Å². The smallest absolute Gasteiger partial charge is 0.416 e. The molecule has 12 heteroatoms. The molecule has 0 aliphatic carbocycles. The standard InChI is InChI=1S/C28H27F3N4O5/c1-33-26(32)18-5-3-17(4-6-18)15-35(16-25(37)38)27(39)19-7-10-21(11-8-19)34-24(36)13-20-9-12-22(40-2)14-23(20)28(29,30)31/h3-12,14H,13,15-16H2,1-2H3,(H2,32,33)(H,34,36)(H,37,38). The molecule has 0 bridgehead atoms. The predicted octanol–water partition coefficient (Wildman–Crippen LogP) is 4.17. The van der Waals surface area contributed by atoms with Crippen LogP contribution in [-0.2, 0) is 28.7 Å². The molecule has 2 amide bonds. The van der Waals surface area contributed by atoms with E-state index in [1.54, 1.807) is 31.3 Å². The van der Waals surface area contributed by atoms with Crippen LogP contribution in [0.4, 0.5) is 18.9 Å². The van der Waals surface area contributed by atoms with E-state index in [1.807, 2.05) is 0 Å². The van der Waals surface area contributed by atoms with Crippen LogP contribution in [0.1, 0.15) is 32.6 Å². The van der Waals surface area contributed by atoms with Crippen molar-refractivity contribution in [1.29, 1.82) is 5.41 Å². The molecular weight excluding hydrogens is 529 g/mol. The lowest BCUT2D eigenvalue weighted by Gasteiger charge is -2.21. The highest BCUT2D eigenvalue weighted by Gasteiger charge is 2.34. The molecule has 3 aromatic carbocycles. The van der Waals surface area contributed by atoms with E-state index in [9.17, 15) is 32.7 Å². The number of ether oxygens (including phenoxy) is 1. The first-order valence-electron chi connectivity index (χ1n) is 11.9. The van der Waals surface area contributed by atoms with E-state index in [0.717, 1.165) is 11.0 Å². The molecule has 210 valence electrons. The van der Waals surface area contributed by atoms with Crippen LogP contribution in [0.3, 0.4) is 0 Å². The van der Waals surface area contributed by atoms with Crippen molar-refractivity contribution in [2.45, 2.75) is 19.1 Å². The van der Waals surface area contributed by atoms with Crippen LogP contribution in [0.5, 0.6) is 5.75 Å². The topological polar surface area (TPSA) is 132 Å². The summed E-state index contributed by atoms with van der Waals surface area (Å²) >= 11 is 0. The fourth-order valence-corrected chi connectivity index (χ4v) is 3.86. The Balaban J connectivity index is 1.70. The van der Waals surface area contributed by atoms with Crippen LogP contribution < -0.4 is 15.4 Å². The quantitative estimate of drug-likeness (QED) is 0.219. The Morgan fingerprint density at radius 3 is 2.15 bits per heavy atom. The molecule has 4 N–H and O–H groups in total. The number of nitrogens with one attached hydrogen (secondary N) is 3. The van der Waals surface area contributed by atoms with Crippen molar-refractivity contribution in [2.24, 2.45) is 0 Å². The Labute approximate surface area is 228 Å². The normalized spacial score (nSPS) is 10.9. The first-order valence-corrected chi connectivity index (χ1v) is 11.9. The van der Waals surface area contributed by atoms with Crippen molar-refractivity contribution in [1.82, 2.24) is 10.2 Å². The molecule has 40 heavy (non-hydrogen) atoms. The molecule has 0 atom stereocenters. The predicted molar refractivity (Wildman–Crippen MR) is 141 cm³/mol. The van der Waals surface area contributed by atoms with Crippen LogP contribution in [0, 0.1) is 5.41 Å². The summed E-state index contributed by atoms with van der Waals surface area (Å²) in [5, 5.41) is 22.3. The van der Waals surface area contributed by atoms with Gasteiger partial charge in [0, 0.05) is 30.4 Å². The Bertz CT molecular complexity index is 1390. The lowest BCUT2D eigenvalue weighted by Crippen LogP contribution is -2.35. The summed E-state index contributed by atoms with van der Waals surface area (Å²) < 4.78 is 45.2. The van der Waals surface area contributed by atoms with Gasteiger partial charge in [-0.3, -0.25) is 19.8 Å². The Morgan fingerprint density at radius 2 is 1.60 bits per heavy atom. The number of carbonyl (C=O) groups is 3. The second-order valence-electron chi connectivity index (χ2n) is 8.70. The summed E-state index contributed by atoms with van der Waals surface area (Å²) in [7, 11) is 2.86. The van der Waals surface area contributed by atoms with Gasteiger partial charge in [-0.2, -0.15) is 13.2 Å². The van der Waals surface area contributed by atoms with Crippen molar-refractivity contribution < 1.29 is 37.4 Å². The molecule has 0 unspecified atom stereocenters. The van der Waals surface area contributed by atoms with Gasteiger partial charge in [-0.1, -0.05) is 30.3 Å². The number of aliphatic carboxylic acids is 1. The van der Waals surface area contributed by atoms with Crippen molar-refractivity contribution in [3.8, 4) is 5.75 Å². The number of carboxylic acid groups (broad SMARTS) is 1. The van der Waals surface area contributed by atoms with E-state index < -0.39 is 42.5 Å². The van der Waals surface area contributed by atoms with Gasteiger partial charge in [0.15, 0.2) is 0 Å². The van der Waals surface area contributed by atoms with Crippen LogP contribution in [0.25, 0.3) is 0 Å². The van der Waals surface area contributed by atoms with Crippen molar-refractivity contribution in [3.63, 3.8) is 0 Å². The number of anilines is 1. The molecule has 3 rings (SSSR count). The highest BCUT2D eigenvalue weighted by molar-refractivity contribution is 5.98. The van der Waals surface area contributed by atoms with Crippen molar-refractivity contribution in [2.75, 3.05) is 26.0 Å². The minimum atomic E-state index is -4.67. The van der Waals surface area contributed by atoms with Gasteiger partial charge in [0.25, 0.3) is 5.91 Å². The van der Waals surface area contributed by atoms with Gasteiger partial charge in [0.05, 0.1) is 19.1 Å². The SMILES string of the molecule is CNC(=N)c1ccc(CN(CC(=O)O)C(=O)c2ccc(NC(=O)Cc3ccc(OC)cc3C(F)(F)F)cc2)cc1. The average Bonchev–Trinajstić information content (AvgIpc) is 2.92. The molecule has 3 aromatic rings. The number of alkyl halides is 3. The van der Waals surface area contributed by atoms with E-state index in [-0.39, 0.29) is 34.9 Å². The minimum Gasteiger partial charge on any atom is -0.497 e. The number of carbonyl (C=O) groups excluding carboxylic acids is 2. The zero-order valence-corrected chi connectivity index (χ0v) is 21.6. The fourth-order valence-electron chi connectivity index (χ4n) is 3.86. The van der Waals surface area contributed by atoms with E-state index in [2.05, 4.69) is 10.6 Å². The first-order chi connectivity index (χ1) is 18.9. The summed E-state index contributed by atoms with van der Waals surface area (Å²) in [6.45, 7) is -0.561. The monoisotopic (exact) mass is 556 g/mol. The maximum atomic E-state index is 13.4. The maximum absolute atomic E-state index is 13.4. The van der Waals surface area contributed by atoms with Gasteiger partial charge in [-0.05, 0) is 47.5 Å². The Hall–Kier alpha value is -4.87. The minimum absolute atomic E-state index is 0.000186. The molecule has 0 aromatic heterocycles. The lowest BCUT2D eigenvalue weighted by molar-refractivity contribution is -0.139. The third-order valence-corrected chi connectivity index (χ3v) is 5.87. The molecule has 0 aliphatic heterocycles. The molecule has 0 radical (unpaired) electrons. The van der Waals surface area contributed by atoms with Gasteiger partial charge < -0.3 is 25.4 Å². The number of rotatable bonds is 10. The molecule has 9 nitrogen and oxygen atoms in total. The molecule has 0 saturated carbocycles. The van der Waals surface area contributed by atoms with Gasteiger partial charge in [0.1, 0.15) is 18.1 Å². The summed E-state index contributed by atoms with van der Waals surface area (Å²) in [5.74, 6) is -2.25. The summed E-state index contributed by atoms with van der Waals surface area (Å²) in [5.41, 5.74) is 0.483. The first kappa shape index (κ1) is 29.7. The van der Waals surface area contributed by atoms with Crippen molar-refractivity contribution in [3.05, 3.63) is 94.5 Å². The van der Waals surface area contributed by atoms with Crippen LogP contribution in [0.2, 0.25) is 0 Å². The second kappa shape index (κ2) is 12.8. The number of nitrogens with zero attached hydrogens (tertiary/aromatic N) is 1. The lowest BCUT2D eigenvalue weighted by atomic mass is 10.0. The zero-order valence-electron chi connectivity index (χ0n) is 21.6. The third-order valence-electron chi connectivity index (χ3n) is 5.87. The van der Waals surface area contributed by atoms with Crippen molar-refractivity contribution >= 4 is 29.3 Å². The number of amidine groups is 1. The van der Waals surface area contributed by atoms with Gasteiger partial charge in [0.2, 0.25) is 5.91 Å². The van der Waals surface area contributed by atoms with E-state index in [1.165, 1.54) is 43.5 Å². The number of benzene rings is 3. The van der Waals surface area contributed by atoms with Crippen LogP contribution in [0.15, 0.2) is 66.7 Å². The molecular formula is C28H27F3N4O5. The van der Waals surface area contributed by atoms with E-state index in [0.29, 0.717) is 11.1 Å². The highest BCUT2D eigenvalue weighted by Crippen LogP contribution is 2.34. The number of hydrogen-bond donors (Lipinski definition) is 4. The van der Waals surface area contributed by atoms with Gasteiger partial charge >= 0.3 is 12.1 Å². The third kappa shape index (κ3) is 7.82. The summed E-state index contributed by atoms with van der Waals surface area (Å²) in [4.78, 5) is 38.1. The van der Waals surface area contributed by atoms with Gasteiger partial charge in [-0.25, -0.2) is 0 Å². The number of hydrogen-bond acceptors (Lipinski definition) is 5. The van der Waals surface area contributed by atoms with E-state index >= 15 is 0 Å². The maximum Gasteiger partial charge on any atom is 0.416 e. The van der Waals surface area contributed by atoms with E-state index in [4.69, 9.17) is 10.1 Å². The fraction of sp³-hybridized carbons (Fsp3) is 0.214. The zero-order chi connectivity index (χ0) is 29.4. The summed E-state index contributed by atoms with van der Waals surface area (Å²) in [6, 6.07) is 15.7. The molecule has 0 fully saturated rings. The number of carboxylic acids is 1.